The smallest absolute Gasteiger partial charge is 0.225 e. The Morgan fingerprint density at radius 2 is 2.25 bits per heavy atom. The molecule has 0 aromatic heterocycles. The molecular weight excluding hydrogens is 154 g/mol. The molecule has 2 rings (SSSR count). The molecule has 1 aliphatic carbocycles. The van der Waals surface area contributed by atoms with E-state index in [9.17, 15) is 4.79 Å². The summed E-state index contributed by atoms with van der Waals surface area (Å²) in [4.78, 5) is 13.2. The van der Waals surface area contributed by atoms with Crippen molar-refractivity contribution >= 4 is 5.91 Å². The van der Waals surface area contributed by atoms with E-state index in [2.05, 4.69) is 6.92 Å². The predicted molar refractivity (Wildman–Crippen MR) is 44.7 cm³/mol. The molecule has 12 heavy (non-hydrogen) atoms. The molecule has 3 nitrogen and oxygen atoms in total. The van der Waals surface area contributed by atoms with Crippen molar-refractivity contribution < 1.29 is 9.53 Å². The summed E-state index contributed by atoms with van der Waals surface area (Å²) in [7, 11) is 3.63. The van der Waals surface area contributed by atoms with Crippen LogP contribution in [0.4, 0.5) is 0 Å². The van der Waals surface area contributed by atoms with Crippen molar-refractivity contribution in [3.63, 3.8) is 0 Å². The van der Waals surface area contributed by atoms with Crippen LogP contribution in [0.25, 0.3) is 0 Å². The van der Waals surface area contributed by atoms with Gasteiger partial charge in [0.1, 0.15) is 0 Å². The average molecular weight is 169 g/mol. The molecule has 0 unspecified atom stereocenters. The van der Waals surface area contributed by atoms with Gasteiger partial charge in [0.05, 0.1) is 11.7 Å². The Morgan fingerprint density at radius 3 is 2.67 bits per heavy atom. The van der Waals surface area contributed by atoms with Gasteiger partial charge in [-0.1, -0.05) is 0 Å². The van der Waals surface area contributed by atoms with Crippen LogP contribution in [0.5, 0.6) is 0 Å². The third kappa shape index (κ3) is 1.04. The predicted octanol–water partition coefficient (Wildman–Crippen LogP) is 0.642. The number of carbonyl (C=O) groups is 1. The molecule has 0 bridgehead atoms. The first-order valence-electron chi connectivity index (χ1n) is 4.42. The number of hydrogen-bond donors (Lipinski definition) is 0. The van der Waals surface area contributed by atoms with Crippen molar-refractivity contribution in [3.8, 4) is 0 Å². The largest absolute Gasteiger partial charge is 0.366 e. The Balaban J connectivity index is 1.97. The quantitative estimate of drug-likeness (QED) is 0.540. The first kappa shape index (κ1) is 8.05. The van der Waals surface area contributed by atoms with Crippen LogP contribution < -0.4 is 0 Å². The molecule has 1 amide bonds. The maximum atomic E-state index is 11.5. The van der Waals surface area contributed by atoms with Crippen LogP contribution in [-0.4, -0.2) is 36.6 Å². The highest BCUT2D eigenvalue weighted by molar-refractivity contribution is 5.79. The van der Waals surface area contributed by atoms with Gasteiger partial charge in [-0.25, -0.2) is 0 Å². The van der Waals surface area contributed by atoms with E-state index >= 15 is 0 Å². The van der Waals surface area contributed by atoms with Gasteiger partial charge in [-0.15, -0.1) is 0 Å². The third-order valence-electron chi connectivity index (χ3n) is 2.98. The summed E-state index contributed by atoms with van der Waals surface area (Å²) in [6.45, 7) is 2.10. The fraction of sp³-hybridized carbons (Fsp3) is 0.889. The normalized spacial score (nSPS) is 43.9. The van der Waals surface area contributed by atoms with Gasteiger partial charge in [-0.2, -0.15) is 0 Å². The van der Waals surface area contributed by atoms with E-state index in [1.165, 1.54) is 0 Å². The highest BCUT2D eigenvalue weighted by atomic mass is 16.6. The summed E-state index contributed by atoms with van der Waals surface area (Å²) in [6, 6.07) is 0. The number of hydrogen-bond acceptors (Lipinski definition) is 2. The zero-order valence-electron chi connectivity index (χ0n) is 7.83. The first-order chi connectivity index (χ1) is 5.53. The SMILES string of the molecule is CN(C)C(=O)[C@@H]1C[C@H]2O[C@@]2(C)C1. The van der Waals surface area contributed by atoms with E-state index < -0.39 is 0 Å². The maximum absolute atomic E-state index is 11.5. The van der Waals surface area contributed by atoms with E-state index in [1.54, 1.807) is 4.90 Å². The number of rotatable bonds is 1. The van der Waals surface area contributed by atoms with E-state index in [-0.39, 0.29) is 17.4 Å². The summed E-state index contributed by atoms with van der Waals surface area (Å²) in [6.07, 6.45) is 2.20. The fourth-order valence-corrected chi connectivity index (χ4v) is 2.15. The molecule has 1 saturated carbocycles. The van der Waals surface area contributed by atoms with E-state index in [4.69, 9.17) is 4.74 Å². The second kappa shape index (κ2) is 2.22. The minimum Gasteiger partial charge on any atom is -0.366 e. The zero-order chi connectivity index (χ0) is 8.93. The lowest BCUT2D eigenvalue weighted by atomic mass is 10.0. The van der Waals surface area contributed by atoms with Gasteiger partial charge >= 0.3 is 0 Å². The number of nitrogens with zero attached hydrogens (tertiary/aromatic N) is 1. The Morgan fingerprint density at radius 1 is 1.58 bits per heavy atom. The number of ether oxygens (including phenoxy) is 1. The molecule has 68 valence electrons. The van der Waals surface area contributed by atoms with Gasteiger partial charge < -0.3 is 9.64 Å². The van der Waals surface area contributed by atoms with Crippen LogP contribution in [0.3, 0.4) is 0 Å². The minimum absolute atomic E-state index is 0.0519. The molecule has 3 heteroatoms. The van der Waals surface area contributed by atoms with Crippen molar-refractivity contribution in [2.45, 2.75) is 31.5 Å². The lowest BCUT2D eigenvalue weighted by Crippen LogP contribution is -2.29. The van der Waals surface area contributed by atoms with Crippen LogP contribution in [0.1, 0.15) is 19.8 Å². The third-order valence-corrected chi connectivity index (χ3v) is 2.98. The molecule has 1 saturated heterocycles. The zero-order valence-corrected chi connectivity index (χ0v) is 7.83. The van der Waals surface area contributed by atoms with Crippen molar-refractivity contribution in [1.29, 1.82) is 0 Å². The van der Waals surface area contributed by atoms with Gasteiger partial charge in [0, 0.05) is 20.0 Å². The lowest BCUT2D eigenvalue weighted by Gasteiger charge is -2.17. The summed E-state index contributed by atoms with van der Waals surface area (Å²) < 4.78 is 5.43. The van der Waals surface area contributed by atoms with Gasteiger partial charge in [0.25, 0.3) is 0 Å². The Bertz CT molecular complexity index is 227. The Hall–Kier alpha value is -0.570. The van der Waals surface area contributed by atoms with Crippen molar-refractivity contribution in [1.82, 2.24) is 4.90 Å². The highest BCUT2D eigenvalue weighted by Gasteiger charge is 2.60. The van der Waals surface area contributed by atoms with Crippen LogP contribution >= 0.6 is 0 Å². The first-order valence-corrected chi connectivity index (χ1v) is 4.42. The molecule has 0 spiro atoms. The Kier molecular flexibility index (Phi) is 1.49. The van der Waals surface area contributed by atoms with Crippen LogP contribution in [0.2, 0.25) is 0 Å². The molecule has 3 atom stereocenters. The molecule has 0 aromatic carbocycles. The standard InChI is InChI=1S/C9H15NO2/c1-9-5-6(4-7(9)12-9)8(11)10(2)3/h6-7H,4-5H2,1-3H3/t6-,7-,9+/m1/s1. The lowest BCUT2D eigenvalue weighted by molar-refractivity contribution is -0.133. The molecule has 0 radical (unpaired) electrons. The Labute approximate surface area is 72.7 Å². The number of epoxide rings is 1. The van der Waals surface area contributed by atoms with Gasteiger partial charge in [0.15, 0.2) is 0 Å². The van der Waals surface area contributed by atoms with Gasteiger partial charge in [0.2, 0.25) is 5.91 Å². The van der Waals surface area contributed by atoms with Crippen LogP contribution in [0.15, 0.2) is 0 Å². The summed E-state index contributed by atoms with van der Waals surface area (Å²) in [5, 5.41) is 0. The topological polar surface area (TPSA) is 32.8 Å². The molecule has 2 fully saturated rings. The van der Waals surface area contributed by atoms with Gasteiger partial charge in [-0.05, 0) is 19.8 Å². The van der Waals surface area contributed by atoms with Crippen molar-refractivity contribution in [2.24, 2.45) is 5.92 Å². The number of carbonyl (C=O) groups excluding carboxylic acids is 1. The van der Waals surface area contributed by atoms with E-state index in [0.717, 1.165) is 12.8 Å². The molecular formula is C9H15NO2. The van der Waals surface area contributed by atoms with Gasteiger partial charge in [-0.3, -0.25) is 4.79 Å². The molecule has 2 aliphatic rings. The second-order valence-electron chi connectivity index (χ2n) is 4.29. The average Bonchev–Trinajstić information content (AvgIpc) is 2.49. The van der Waals surface area contributed by atoms with Crippen LogP contribution in [0, 0.1) is 5.92 Å². The number of fused-ring (bicyclic) bond motifs is 1. The second-order valence-corrected chi connectivity index (χ2v) is 4.29. The molecule has 1 heterocycles. The van der Waals surface area contributed by atoms with Crippen molar-refractivity contribution in [3.05, 3.63) is 0 Å². The molecule has 0 N–H and O–H groups in total. The summed E-state index contributed by atoms with van der Waals surface area (Å²) in [5.41, 5.74) is 0.0519. The molecule has 1 aliphatic heterocycles. The highest BCUT2D eigenvalue weighted by Crippen LogP contribution is 2.52. The summed E-state index contributed by atoms with van der Waals surface area (Å²) in [5.74, 6) is 0.468. The van der Waals surface area contributed by atoms with E-state index in [1.807, 2.05) is 14.1 Å². The monoisotopic (exact) mass is 169 g/mol. The maximum Gasteiger partial charge on any atom is 0.225 e. The number of amides is 1. The van der Waals surface area contributed by atoms with Crippen LogP contribution in [-0.2, 0) is 9.53 Å². The summed E-state index contributed by atoms with van der Waals surface area (Å²) >= 11 is 0. The minimum atomic E-state index is 0.0519. The molecule has 0 aromatic rings. The van der Waals surface area contributed by atoms with Crippen molar-refractivity contribution in [2.75, 3.05) is 14.1 Å². The fourth-order valence-electron chi connectivity index (χ4n) is 2.15. The van der Waals surface area contributed by atoms with E-state index in [0.29, 0.717) is 6.10 Å².